The SMILES string of the molecule is CCCCCCCC(C)(CCCCCCC)C([SiH2]C)C(=O)O. The molecule has 1 unspecified atom stereocenters. The molecule has 0 aliphatic carbocycles. The Balaban J connectivity index is 4.43. The fourth-order valence-electron chi connectivity index (χ4n) is 3.70. The number of unbranched alkanes of at least 4 members (excludes halogenated alkanes) is 8. The Hall–Kier alpha value is -0.313. The molecule has 0 aliphatic rings. The van der Waals surface area contributed by atoms with Crippen molar-refractivity contribution < 1.29 is 9.90 Å². The highest BCUT2D eigenvalue weighted by molar-refractivity contribution is 6.42. The lowest BCUT2D eigenvalue weighted by Gasteiger charge is -2.35. The van der Waals surface area contributed by atoms with E-state index in [-0.39, 0.29) is 11.0 Å². The van der Waals surface area contributed by atoms with Gasteiger partial charge in [-0.1, -0.05) is 91.5 Å². The summed E-state index contributed by atoms with van der Waals surface area (Å²) in [6.07, 6.45) is 15.0. The molecule has 0 spiro atoms. The lowest BCUT2D eigenvalue weighted by atomic mass is 9.76. The molecule has 0 bridgehead atoms. The van der Waals surface area contributed by atoms with Gasteiger partial charge in [-0.15, -0.1) is 0 Å². The van der Waals surface area contributed by atoms with Crippen LogP contribution in [0.4, 0.5) is 0 Å². The van der Waals surface area contributed by atoms with E-state index in [0.29, 0.717) is 0 Å². The molecule has 0 amide bonds. The van der Waals surface area contributed by atoms with Gasteiger partial charge in [-0.05, 0) is 18.3 Å². The van der Waals surface area contributed by atoms with E-state index in [4.69, 9.17) is 0 Å². The van der Waals surface area contributed by atoms with E-state index >= 15 is 0 Å². The van der Waals surface area contributed by atoms with Crippen LogP contribution in [0.1, 0.15) is 97.8 Å². The fourth-order valence-corrected chi connectivity index (χ4v) is 5.45. The molecule has 0 aromatic heterocycles. The number of carboxylic acid groups (broad SMARTS) is 1. The molecular formula is C19H40O2Si. The van der Waals surface area contributed by atoms with Crippen LogP contribution in [-0.4, -0.2) is 20.6 Å². The van der Waals surface area contributed by atoms with Gasteiger partial charge in [0.25, 0.3) is 0 Å². The molecular weight excluding hydrogens is 288 g/mol. The highest BCUT2D eigenvalue weighted by Crippen LogP contribution is 2.42. The molecule has 0 aliphatic heterocycles. The van der Waals surface area contributed by atoms with Crippen molar-refractivity contribution in [2.75, 3.05) is 0 Å². The minimum atomic E-state index is -0.529. The van der Waals surface area contributed by atoms with Crippen LogP contribution in [0.25, 0.3) is 0 Å². The summed E-state index contributed by atoms with van der Waals surface area (Å²) < 4.78 is 0. The normalized spacial score (nSPS) is 13.8. The molecule has 2 nitrogen and oxygen atoms in total. The van der Waals surface area contributed by atoms with E-state index in [9.17, 15) is 9.90 Å². The van der Waals surface area contributed by atoms with Gasteiger partial charge in [-0.3, -0.25) is 4.79 Å². The third-order valence-corrected chi connectivity index (χ3v) is 7.40. The van der Waals surface area contributed by atoms with Gasteiger partial charge in [0.05, 0.1) is 0 Å². The predicted octanol–water partition coefficient (Wildman–Crippen LogP) is 5.80. The maximum Gasteiger partial charge on any atom is 0.303 e. The quantitative estimate of drug-likeness (QED) is 0.304. The van der Waals surface area contributed by atoms with Gasteiger partial charge in [0.15, 0.2) is 0 Å². The molecule has 1 atom stereocenters. The molecule has 3 heteroatoms. The summed E-state index contributed by atoms with van der Waals surface area (Å²) in [5.74, 6) is -0.529. The van der Waals surface area contributed by atoms with E-state index in [0.717, 1.165) is 12.8 Å². The minimum absolute atomic E-state index is 0.0372. The number of carboxylic acids is 1. The van der Waals surface area contributed by atoms with Crippen molar-refractivity contribution in [2.24, 2.45) is 5.41 Å². The van der Waals surface area contributed by atoms with Crippen molar-refractivity contribution >= 4 is 15.5 Å². The van der Waals surface area contributed by atoms with E-state index in [1.54, 1.807) is 0 Å². The lowest BCUT2D eigenvalue weighted by Crippen LogP contribution is -2.32. The second-order valence-corrected chi connectivity index (χ2v) is 8.91. The number of rotatable bonds is 15. The summed E-state index contributed by atoms with van der Waals surface area (Å²) in [5, 5.41) is 9.63. The highest BCUT2D eigenvalue weighted by Gasteiger charge is 2.36. The second kappa shape index (κ2) is 13.2. The Morgan fingerprint density at radius 1 is 0.909 bits per heavy atom. The zero-order valence-corrected chi connectivity index (χ0v) is 17.0. The summed E-state index contributed by atoms with van der Waals surface area (Å²) in [7, 11) is -0.511. The fraction of sp³-hybridized carbons (Fsp3) is 0.947. The Labute approximate surface area is 141 Å². The van der Waals surface area contributed by atoms with E-state index in [2.05, 4.69) is 27.3 Å². The van der Waals surface area contributed by atoms with Gasteiger partial charge in [-0.25, -0.2) is 0 Å². The van der Waals surface area contributed by atoms with Crippen molar-refractivity contribution in [3.63, 3.8) is 0 Å². The van der Waals surface area contributed by atoms with Crippen LogP contribution in [0.2, 0.25) is 12.1 Å². The number of aliphatic carboxylic acids is 1. The van der Waals surface area contributed by atoms with Crippen molar-refractivity contribution in [1.82, 2.24) is 0 Å². The van der Waals surface area contributed by atoms with Crippen molar-refractivity contribution in [1.29, 1.82) is 0 Å². The van der Waals surface area contributed by atoms with E-state index in [1.807, 2.05) is 0 Å². The van der Waals surface area contributed by atoms with Gasteiger partial charge < -0.3 is 5.11 Å². The molecule has 0 saturated heterocycles. The van der Waals surface area contributed by atoms with Crippen molar-refractivity contribution in [3.05, 3.63) is 0 Å². The summed E-state index contributed by atoms with van der Waals surface area (Å²) in [6, 6.07) is 0. The van der Waals surface area contributed by atoms with Gasteiger partial charge in [0, 0.05) is 15.1 Å². The van der Waals surface area contributed by atoms with Gasteiger partial charge >= 0.3 is 5.97 Å². The summed E-state index contributed by atoms with van der Waals surface area (Å²) in [4.78, 5) is 11.7. The molecule has 0 aromatic carbocycles. The first-order valence-electron chi connectivity index (χ1n) is 9.74. The summed E-state index contributed by atoms with van der Waals surface area (Å²) in [5.41, 5.74) is 0.00968. The third kappa shape index (κ3) is 8.97. The third-order valence-electron chi connectivity index (χ3n) is 5.25. The smallest absolute Gasteiger partial charge is 0.303 e. The largest absolute Gasteiger partial charge is 0.481 e. The number of hydrogen-bond acceptors (Lipinski definition) is 1. The monoisotopic (exact) mass is 328 g/mol. The minimum Gasteiger partial charge on any atom is -0.481 e. The van der Waals surface area contributed by atoms with Gasteiger partial charge in [0.1, 0.15) is 0 Å². The van der Waals surface area contributed by atoms with Crippen LogP contribution >= 0.6 is 0 Å². The van der Waals surface area contributed by atoms with Crippen molar-refractivity contribution in [2.45, 2.75) is 110 Å². The van der Waals surface area contributed by atoms with Crippen molar-refractivity contribution in [3.8, 4) is 0 Å². The van der Waals surface area contributed by atoms with Crippen LogP contribution < -0.4 is 0 Å². The topological polar surface area (TPSA) is 37.3 Å². The Kier molecular flexibility index (Phi) is 13.0. The van der Waals surface area contributed by atoms with Gasteiger partial charge in [-0.2, -0.15) is 0 Å². The first kappa shape index (κ1) is 21.7. The summed E-state index contributed by atoms with van der Waals surface area (Å²) in [6.45, 7) is 8.92. The average molecular weight is 329 g/mol. The first-order chi connectivity index (χ1) is 10.5. The lowest BCUT2D eigenvalue weighted by molar-refractivity contribution is -0.139. The molecule has 0 radical (unpaired) electrons. The highest BCUT2D eigenvalue weighted by atomic mass is 28.2. The zero-order valence-electron chi connectivity index (χ0n) is 15.6. The molecule has 0 rings (SSSR count). The molecule has 132 valence electrons. The van der Waals surface area contributed by atoms with Crippen LogP contribution in [0.15, 0.2) is 0 Å². The molecule has 1 N–H and O–H groups in total. The van der Waals surface area contributed by atoms with Gasteiger partial charge in [0.2, 0.25) is 0 Å². The van der Waals surface area contributed by atoms with E-state index in [1.165, 1.54) is 64.2 Å². The van der Waals surface area contributed by atoms with Crippen LogP contribution in [0.5, 0.6) is 0 Å². The van der Waals surface area contributed by atoms with Crippen LogP contribution in [0.3, 0.4) is 0 Å². The Morgan fingerprint density at radius 2 is 1.32 bits per heavy atom. The van der Waals surface area contributed by atoms with E-state index < -0.39 is 15.5 Å². The predicted molar refractivity (Wildman–Crippen MR) is 101 cm³/mol. The average Bonchev–Trinajstić information content (AvgIpc) is 2.47. The standard InChI is InChI=1S/C19H40O2Si/c1-5-7-9-11-13-15-19(3,17(22-4)18(20)21)16-14-12-10-8-6-2/h17H,5-16,22H2,1-4H3,(H,20,21). The summed E-state index contributed by atoms with van der Waals surface area (Å²) >= 11 is 0. The number of carbonyl (C=O) groups is 1. The number of hydrogen-bond donors (Lipinski definition) is 1. The maximum atomic E-state index is 11.7. The molecule has 22 heavy (non-hydrogen) atoms. The second-order valence-electron chi connectivity index (χ2n) is 7.28. The molecule has 0 aromatic rings. The first-order valence-corrected chi connectivity index (χ1v) is 12.0. The molecule has 0 heterocycles. The maximum absolute atomic E-state index is 11.7. The Morgan fingerprint density at radius 3 is 1.64 bits per heavy atom. The molecule has 0 saturated carbocycles. The molecule has 0 fully saturated rings. The van der Waals surface area contributed by atoms with Crippen LogP contribution in [-0.2, 0) is 4.79 Å². The zero-order chi connectivity index (χ0) is 16.8. The Bertz CT molecular complexity index is 265. The van der Waals surface area contributed by atoms with Crippen LogP contribution in [0, 0.1) is 5.41 Å².